The minimum absolute atomic E-state index is 0.122. The van der Waals surface area contributed by atoms with E-state index >= 15 is 0 Å². The van der Waals surface area contributed by atoms with Gasteiger partial charge in [-0.3, -0.25) is 9.78 Å². The topological polar surface area (TPSA) is 42.0 Å². The van der Waals surface area contributed by atoms with Crippen LogP contribution in [-0.4, -0.2) is 10.9 Å². The number of nitrogens with one attached hydrogen (secondary N) is 1. The van der Waals surface area contributed by atoms with Gasteiger partial charge in [-0.15, -0.1) is 0 Å². The number of hydrogen-bond donors (Lipinski definition) is 1. The minimum atomic E-state index is -4.57. The number of carbonyl (C=O) groups excluding carboxylic acids is 1. The van der Waals surface area contributed by atoms with E-state index in [0.29, 0.717) is 0 Å². The standard InChI is InChI=1S/C17H10F4N2O/c18-13-7-2-1-4-10(13)16(24)23-14-8-9-22-15-11(14)5-3-6-12(15)17(19,20)21/h1-9H,(H,22,23,24). The summed E-state index contributed by atoms with van der Waals surface area (Å²) in [6.07, 6.45) is -3.41. The number of pyridine rings is 1. The lowest BCUT2D eigenvalue weighted by Gasteiger charge is -2.13. The number of amides is 1. The van der Waals surface area contributed by atoms with Gasteiger partial charge in [0.1, 0.15) is 5.82 Å². The van der Waals surface area contributed by atoms with Gasteiger partial charge in [0, 0.05) is 11.6 Å². The summed E-state index contributed by atoms with van der Waals surface area (Å²) in [5.41, 5.74) is -1.26. The van der Waals surface area contributed by atoms with Crippen LogP contribution in [0.4, 0.5) is 23.2 Å². The lowest BCUT2D eigenvalue weighted by Crippen LogP contribution is -2.14. The van der Waals surface area contributed by atoms with E-state index in [1.54, 1.807) is 0 Å². The van der Waals surface area contributed by atoms with Crippen LogP contribution in [0.1, 0.15) is 15.9 Å². The van der Waals surface area contributed by atoms with Crippen molar-refractivity contribution in [2.45, 2.75) is 6.18 Å². The van der Waals surface area contributed by atoms with Gasteiger partial charge in [-0.05, 0) is 24.3 Å². The number of benzene rings is 2. The van der Waals surface area contributed by atoms with E-state index < -0.39 is 23.5 Å². The molecule has 0 radical (unpaired) electrons. The zero-order valence-electron chi connectivity index (χ0n) is 12.1. The van der Waals surface area contributed by atoms with Crippen LogP contribution < -0.4 is 5.32 Å². The van der Waals surface area contributed by atoms with Gasteiger partial charge in [0.2, 0.25) is 0 Å². The fourth-order valence-corrected chi connectivity index (χ4v) is 2.35. The Hall–Kier alpha value is -2.96. The molecule has 3 nitrogen and oxygen atoms in total. The quantitative estimate of drug-likeness (QED) is 0.694. The van der Waals surface area contributed by atoms with E-state index in [1.807, 2.05) is 0 Å². The van der Waals surface area contributed by atoms with Crippen LogP contribution >= 0.6 is 0 Å². The summed E-state index contributed by atoms with van der Waals surface area (Å²) in [5.74, 6) is -1.47. The van der Waals surface area contributed by atoms with Gasteiger partial charge < -0.3 is 5.32 Å². The van der Waals surface area contributed by atoms with E-state index in [0.717, 1.165) is 18.3 Å². The Bertz CT molecular complexity index is 922. The Balaban J connectivity index is 2.05. The molecule has 1 heterocycles. The van der Waals surface area contributed by atoms with Crippen LogP contribution in [0.3, 0.4) is 0 Å². The Labute approximate surface area is 133 Å². The first-order valence-electron chi connectivity index (χ1n) is 6.89. The number of halogens is 4. The van der Waals surface area contributed by atoms with Gasteiger partial charge >= 0.3 is 6.18 Å². The Kier molecular flexibility index (Phi) is 3.92. The van der Waals surface area contributed by atoms with Crippen molar-refractivity contribution in [1.29, 1.82) is 0 Å². The number of alkyl halides is 3. The van der Waals surface area contributed by atoms with E-state index in [4.69, 9.17) is 0 Å². The molecule has 24 heavy (non-hydrogen) atoms. The smallest absolute Gasteiger partial charge is 0.321 e. The summed E-state index contributed by atoms with van der Waals surface area (Å²) >= 11 is 0. The number of nitrogens with zero attached hydrogens (tertiary/aromatic N) is 1. The molecule has 0 spiro atoms. The van der Waals surface area contributed by atoms with Crippen LogP contribution in [0, 0.1) is 5.82 Å². The van der Waals surface area contributed by atoms with E-state index in [-0.39, 0.29) is 22.2 Å². The average Bonchev–Trinajstić information content (AvgIpc) is 2.54. The number of aromatic nitrogens is 1. The molecule has 0 aliphatic rings. The number of anilines is 1. The van der Waals surface area contributed by atoms with Crippen LogP contribution in [0.25, 0.3) is 10.9 Å². The van der Waals surface area contributed by atoms with Crippen molar-refractivity contribution < 1.29 is 22.4 Å². The maximum atomic E-state index is 13.7. The highest BCUT2D eigenvalue weighted by Crippen LogP contribution is 2.35. The summed E-state index contributed by atoms with van der Waals surface area (Å²) in [7, 11) is 0. The molecule has 122 valence electrons. The van der Waals surface area contributed by atoms with Gasteiger partial charge in [0.05, 0.1) is 22.3 Å². The minimum Gasteiger partial charge on any atom is -0.321 e. The molecule has 1 aromatic heterocycles. The SMILES string of the molecule is O=C(Nc1ccnc2c(C(F)(F)F)cccc12)c1ccccc1F. The molecule has 7 heteroatoms. The van der Waals surface area contributed by atoms with Crippen LogP contribution in [-0.2, 0) is 6.18 Å². The molecule has 0 bridgehead atoms. The van der Waals surface area contributed by atoms with Gasteiger partial charge in [-0.1, -0.05) is 24.3 Å². The predicted octanol–water partition coefficient (Wildman–Crippen LogP) is 4.65. The molecule has 0 aliphatic carbocycles. The fourth-order valence-electron chi connectivity index (χ4n) is 2.35. The zero-order valence-corrected chi connectivity index (χ0v) is 12.1. The molecule has 0 fully saturated rings. The largest absolute Gasteiger partial charge is 0.418 e. The third-order valence-electron chi connectivity index (χ3n) is 3.44. The van der Waals surface area contributed by atoms with E-state index in [9.17, 15) is 22.4 Å². The summed E-state index contributed by atoms with van der Waals surface area (Å²) in [5, 5.41) is 2.56. The third-order valence-corrected chi connectivity index (χ3v) is 3.44. The Morgan fingerprint density at radius 1 is 1.00 bits per heavy atom. The van der Waals surface area contributed by atoms with Gasteiger partial charge in [0.15, 0.2) is 0 Å². The molecular weight excluding hydrogens is 324 g/mol. The molecule has 0 atom stereocenters. The van der Waals surface area contributed by atoms with Crippen LogP contribution in [0.15, 0.2) is 54.7 Å². The summed E-state index contributed by atoms with van der Waals surface area (Å²) in [4.78, 5) is 15.9. The zero-order chi connectivity index (χ0) is 17.3. The summed E-state index contributed by atoms with van der Waals surface area (Å²) < 4.78 is 52.8. The highest BCUT2D eigenvalue weighted by Gasteiger charge is 2.33. The molecule has 1 N–H and O–H groups in total. The number of para-hydroxylation sites is 1. The molecule has 0 saturated heterocycles. The molecule has 3 aromatic rings. The maximum Gasteiger partial charge on any atom is 0.418 e. The van der Waals surface area contributed by atoms with Crippen molar-refractivity contribution in [3.63, 3.8) is 0 Å². The summed E-state index contributed by atoms with van der Waals surface area (Å²) in [6.45, 7) is 0. The first kappa shape index (κ1) is 15.9. The highest BCUT2D eigenvalue weighted by atomic mass is 19.4. The van der Waals surface area contributed by atoms with E-state index in [2.05, 4.69) is 10.3 Å². The normalized spacial score (nSPS) is 11.5. The number of hydrogen-bond acceptors (Lipinski definition) is 2. The monoisotopic (exact) mass is 334 g/mol. The average molecular weight is 334 g/mol. The van der Waals surface area contributed by atoms with Crippen molar-refractivity contribution in [3.05, 3.63) is 71.7 Å². The lowest BCUT2D eigenvalue weighted by atomic mass is 10.1. The third kappa shape index (κ3) is 2.92. The molecule has 1 amide bonds. The second kappa shape index (κ2) is 5.92. The Morgan fingerprint density at radius 2 is 1.75 bits per heavy atom. The van der Waals surface area contributed by atoms with Crippen LogP contribution in [0.2, 0.25) is 0 Å². The molecular formula is C17H10F4N2O. The lowest BCUT2D eigenvalue weighted by molar-refractivity contribution is -0.136. The molecule has 0 unspecified atom stereocenters. The maximum absolute atomic E-state index is 13.7. The van der Waals surface area contributed by atoms with Crippen LogP contribution in [0.5, 0.6) is 0 Å². The molecule has 0 aliphatic heterocycles. The van der Waals surface area contributed by atoms with Crippen molar-refractivity contribution >= 4 is 22.5 Å². The number of rotatable bonds is 2. The fraction of sp³-hybridized carbons (Fsp3) is 0.0588. The predicted molar refractivity (Wildman–Crippen MR) is 81.1 cm³/mol. The molecule has 3 rings (SSSR count). The molecule has 2 aromatic carbocycles. The van der Waals surface area contributed by atoms with Crippen molar-refractivity contribution in [2.24, 2.45) is 0 Å². The summed E-state index contributed by atoms with van der Waals surface area (Å²) in [6, 6.07) is 10.3. The van der Waals surface area contributed by atoms with Gasteiger partial charge in [0.25, 0.3) is 5.91 Å². The van der Waals surface area contributed by atoms with Crippen molar-refractivity contribution in [2.75, 3.05) is 5.32 Å². The number of fused-ring (bicyclic) bond motifs is 1. The first-order valence-corrected chi connectivity index (χ1v) is 6.89. The van der Waals surface area contributed by atoms with Gasteiger partial charge in [-0.25, -0.2) is 4.39 Å². The van der Waals surface area contributed by atoms with Crippen molar-refractivity contribution in [3.8, 4) is 0 Å². The van der Waals surface area contributed by atoms with E-state index in [1.165, 1.54) is 36.4 Å². The highest BCUT2D eigenvalue weighted by molar-refractivity contribution is 6.09. The first-order chi connectivity index (χ1) is 11.4. The van der Waals surface area contributed by atoms with Gasteiger partial charge in [-0.2, -0.15) is 13.2 Å². The van der Waals surface area contributed by atoms with Crippen molar-refractivity contribution in [1.82, 2.24) is 4.98 Å². The second-order valence-corrected chi connectivity index (χ2v) is 4.99. The number of carbonyl (C=O) groups is 1. The molecule has 0 saturated carbocycles. The second-order valence-electron chi connectivity index (χ2n) is 4.99. The Morgan fingerprint density at radius 3 is 2.46 bits per heavy atom.